The second-order valence-electron chi connectivity index (χ2n) is 4.36. The van der Waals surface area contributed by atoms with Gasteiger partial charge in [0.2, 0.25) is 0 Å². The molecule has 6 heteroatoms. The van der Waals surface area contributed by atoms with Crippen LogP contribution in [0.15, 0.2) is 18.2 Å². The van der Waals surface area contributed by atoms with Gasteiger partial charge in [0.1, 0.15) is 17.4 Å². The molecular formula is C13H15NO5. The topological polar surface area (TPSA) is 95.9 Å². The summed E-state index contributed by atoms with van der Waals surface area (Å²) in [6, 6.07) is 4.26. The molecule has 3 N–H and O–H groups in total. The fourth-order valence-corrected chi connectivity index (χ4v) is 2.12. The van der Waals surface area contributed by atoms with Crippen molar-refractivity contribution in [2.45, 2.75) is 18.9 Å². The average Bonchev–Trinajstić information content (AvgIpc) is 2.39. The van der Waals surface area contributed by atoms with Crippen LogP contribution in [-0.4, -0.2) is 41.3 Å². The van der Waals surface area contributed by atoms with Crippen LogP contribution in [0.25, 0.3) is 0 Å². The molecule has 102 valence electrons. The van der Waals surface area contributed by atoms with Crippen LogP contribution in [0, 0.1) is 0 Å². The van der Waals surface area contributed by atoms with Crippen LogP contribution in [0.4, 0.5) is 0 Å². The number of hydrogen-bond donors (Lipinski definition) is 3. The van der Waals surface area contributed by atoms with Crippen LogP contribution in [0.1, 0.15) is 33.6 Å². The van der Waals surface area contributed by atoms with Gasteiger partial charge in [-0.15, -0.1) is 0 Å². The summed E-state index contributed by atoms with van der Waals surface area (Å²) in [5, 5.41) is 21.4. The molecule has 1 heterocycles. The monoisotopic (exact) mass is 265 g/mol. The number of piperidine rings is 1. The third-order valence-corrected chi connectivity index (χ3v) is 3.05. The van der Waals surface area contributed by atoms with Crippen LogP contribution < -0.4 is 10.1 Å². The molecular weight excluding hydrogens is 250 g/mol. The van der Waals surface area contributed by atoms with Gasteiger partial charge in [-0.05, 0) is 38.1 Å². The molecule has 0 amide bonds. The van der Waals surface area contributed by atoms with E-state index in [9.17, 15) is 9.59 Å². The molecule has 0 spiro atoms. The zero-order chi connectivity index (χ0) is 13.8. The van der Waals surface area contributed by atoms with E-state index < -0.39 is 11.9 Å². The molecule has 1 aliphatic rings. The Hall–Kier alpha value is -2.08. The first-order chi connectivity index (χ1) is 9.09. The molecule has 6 nitrogen and oxygen atoms in total. The summed E-state index contributed by atoms with van der Waals surface area (Å²) in [6.45, 7) is 1.62. The number of carboxylic acids is 2. The van der Waals surface area contributed by atoms with Crippen molar-refractivity contribution in [1.82, 2.24) is 5.32 Å². The highest BCUT2D eigenvalue weighted by molar-refractivity contribution is 6.03. The van der Waals surface area contributed by atoms with Crippen molar-refractivity contribution in [2.24, 2.45) is 0 Å². The first-order valence-corrected chi connectivity index (χ1v) is 6.06. The van der Waals surface area contributed by atoms with E-state index in [1.807, 2.05) is 0 Å². The van der Waals surface area contributed by atoms with Gasteiger partial charge in [-0.1, -0.05) is 6.07 Å². The Bertz CT molecular complexity index is 494. The normalized spacial score (nSPS) is 16.0. The van der Waals surface area contributed by atoms with Crippen LogP contribution >= 0.6 is 0 Å². The Morgan fingerprint density at radius 1 is 1.16 bits per heavy atom. The Morgan fingerprint density at radius 2 is 1.84 bits per heavy atom. The van der Waals surface area contributed by atoms with Crippen molar-refractivity contribution >= 4 is 11.9 Å². The average molecular weight is 265 g/mol. The Balaban J connectivity index is 2.30. The predicted molar refractivity (Wildman–Crippen MR) is 66.9 cm³/mol. The van der Waals surface area contributed by atoms with E-state index >= 15 is 0 Å². The maximum atomic E-state index is 11.2. The standard InChI is InChI=1S/C13H15NO5/c15-12(16)9-2-1-3-10(11(9)13(17)18)19-8-4-6-14-7-5-8/h1-3,8,14H,4-7H2,(H,15,16)(H,17,18). The minimum Gasteiger partial charge on any atom is -0.489 e. The van der Waals surface area contributed by atoms with Gasteiger partial charge in [-0.25, -0.2) is 9.59 Å². The van der Waals surface area contributed by atoms with E-state index in [1.165, 1.54) is 18.2 Å². The molecule has 0 saturated carbocycles. The molecule has 1 aromatic rings. The number of ether oxygens (including phenoxy) is 1. The van der Waals surface area contributed by atoms with Gasteiger partial charge in [0.25, 0.3) is 0 Å². The zero-order valence-corrected chi connectivity index (χ0v) is 10.3. The fraction of sp³-hybridized carbons (Fsp3) is 0.385. The SMILES string of the molecule is O=C(O)c1cccc(OC2CCNCC2)c1C(=O)O. The van der Waals surface area contributed by atoms with Crippen LogP contribution in [-0.2, 0) is 0 Å². The van der Waals surface area contributed by atoms with Gasteiger partial charge in [0.05, 0.1) is 5.56 Å². The Labute approximate surface area is 110 Å². The van der Waals surface area contributed by atoms with Crippen LogP contribution in [0.3, 0.4) is 0 Å². The maximum Gasteiger partial charge on any atom is 0.340 e. The Morgan fingerprint density at radius 3 is 2.42 bits per heavy atom. The van der Waals surface area contributed by atoms with Crippen LogP contribution in [0.2, 0.25) is 0 Å². The third-order valence-electron chi connectivity index (χ3n) is 3.05. The number of carbonyl (C=O) groups is 2. The lowest BCUT2D eigenvalue weighted by Crippen LogP contribution is -2.34. The second kappa shape index (κ2) is 5.71. The molecule has 0 atom stereocenters. The van der Waals surface area contributed by atoms with Gasteiger partial charge >= 0.3 is 11.9 Å². The highest BCUT2D eigenvalue weighted by Crippen LogP contribution is 2.25. The smallest absolute Gasteiger partial charge is 0.340 e. The summed E-state index contributed by atoms with van der Waals surface area (Å²) in [6.07, 6.45) is 1.47. The predicted octanol–water partition coefficient (Wildman–Crippen LogP) is 1.21. The van der Waals surface area contributed by atoms with Crippen molar-refractivity contribution in [3.8, 4) is 5.75 Å². The van der Waals surface area contributed by atoms with E-state index in [1.54, 1.807) is 0 Å². The molecule has 1 aromatic carbocycles. The summed E-state index contributed by atoms with van der Waals surface area (Å²) in [5.41, 5.74) is -0.535. The van der Waals surface area contributed by atoms with Gasteiger partial charge in [0.15, 0.2) is 0 Å². The maximum absolute atomic E-state index is 11.2. The minimum absolute atomic E-state index is 0.0802. The molecule has 0 bridgehead atoms. The van der Waals surface area contributed by atoms with Crippen LogP contribution in [0.5, 0.6) is 5.75 Å². The van der Waals surface area contributed by atoms with Crippen molar-refractivity contribution < 1.29 is 24.5 Å². The van der Waals surface area contributed by atoms with Crippen molar-refractivity contribution in [2.75, 3.05) is 13.1 Å². The molecule has 1 saturated heterocycles. The Kier molecular flexibility index (Phi) is 4.01. The molecule has 0 unspecified atom stereocenters. The zero-order valence-electron chi connectivity index (χ0n) is 10.3. The number of aromatic carboxylic acids is 2. The van der Waals surface area contributed by atoms with Crippen molar-refractivity contribution in [3.05, 3.63) is 29.3 Å². The molecule has 1 fully saturated rings. The lowest BCUT2D eigenvalue weighted by molar-refractivity contribution is 0.0642. The second-order valence-corrected chi connectivity index (χ2v) is 4.36. The first-order valence-electron chi connectivity index (χ1n) is 6.06. The number of nitrogens with one attached hydrogen (secondary N) is 1. The number of rotatable bonds is 4. The first kappa shape index (κ1) is 13.4. The van der Waals surface area contributed by atoms with E-state index in [2.05, 4.69) is 5.32 Å². The van der Waals surface area contributed by atoms with E-state index in [-0.39, 0.29) is 23.0 Å². The summed E-state index contributed by atoms with van der Waals surface area (Å²) >= 11 is 0. The molecule has 2 rings (SSSR count). The van der Waals surface area contributed by atoms with E-state index in [0.717, 1.165) is 25.9 Å². The van der Waals surface area contributed by atoms with Gasteiger partial charge in [-0.3, -0.25) is 0 Å². The highest BCUT2D eigenvalue weighted by atomic mass is 16.5. The molecule has 19 heavy (non-hydrogen) atoms. The van der Waals surface area contributed by atoms with Gasteiger partial charge in [-0.2, -0.15) is 0 Å². The van der Waals surface area contributed by atoms with E-state index in [4.69, 9.17) is 14.9 Å². The quantitative estimate of drug-likeness (QED) is 0.757. The minimum atomic E-state index is -1.29. The number of benzene rings is 1. The largest absolute Gasteiger partial charge is 0.489 e. The summed E-state index contributed by atoms with van der Waals surface area (Å²) < 4.78 is 5.65. The number of hydrogen-bond acceptors (Lipinski definition) is 4. The van der Waals surface area contributed by atoms with Gasteiger partial charge < -0.3 is 20.3 Å². The van der Waals surface area contributed by atoms with Crippen molar-refractivity contribution in [3.63, 3.8) is 0 Å². The molecule has 1 aliphatic heterocycles. The summed E-state index contributed by atoms with van der Waals surface area (Å²) in [5.74, 6) is -2.44. The van der Waals surface area contributed by atoms with E-state index in [0.29, 0.717) is 0 Å². The third kappa shape index (κ3) is 3.03. The van der Waals surface area contributed by atoms with Gasteiger partial charge in [0, 0.05) is 0 Å². The molecule has 0 aromatic heterocycles. The molecule has 0 radical (unpaired) electrons. The number of carboxylic acid groups (broad SMARTS) is 2. The summed E-state index contributed by atoms with van der Waals surface area (Å²) in [4.78, 5) is 22.3. The van der Waals surface area contributed by atoms with Crippen molar-refractivity contribution in [1.29, 1.82) is 0 Å². The lowest BCUT2D eigenvalue weighted by atomic mass is 10.1. The molecule has 0 aliphatic carbocycles. The fourth-order valence-electron chi connectivity index (χ4n) is 2.12. The lowest BCUT2D eigenvalue weighted by Gasteiger charge is -2.24. The summed E-state index contributed by atoms with van der Waals surface area (Å²) in [7, 11) is 0. The highest BCUT2D eigenvalue weighted by Gasteiger charge is 2.23.